The number of aromatic nitrogens is 2. The second-order valence-electron chi connectivity index (χ2n) is 8.57. The van der Waals surface area contributed by atoms with Gasteiger partial charge < -0.3 is 10.6 Å². The number of urea groups is 1. The number of anilines is 3. The Morgan fingerprint density at radius 2 is 1.76 bits per heavy atom. The summed E-state index contributed by atoms with van der Waals surface area (Å²) in [6.45, 7) is 2.07. The van der Waals surface area contributed by atoms with Crippen molar-refractivity contribution in [2.45, 2.75) is 38.6 Å². The van der Waals surface area contributed by atoms with E-state index < -0.39 is 0 Å². The van der Waals surface area contributed by atoms with Crippen LogP contribution in [-0.2, 0) is 0 Å². The minimum atomic E-state index is -0.319. The standard InChI is InChI=1S/C27H27N5OS/c1-18-8-7-9-19(16-18)24-25(20-14-15-28-23(17-20)29-21-12-5-6-13-21)34-27(31-24)32-26(33)30-22-10-3-2-4-11-22/h2-4,7-11,14-17,21H,5-6,12-13H2,1H3,(H,28,29)(H2,30,31,32,33). The molecule has 1 aliphatic rings. The molecule has 0 aliphatic heterocycles. The fourth-order valence-electron chi connectivity index (χ4n) is 4.27. The Morgan fingerprint density at radius 1 is 0.941 bits per heavy atom. The van der Waals surface area contributed by atoms with Crippen molar-refractivity contribution in [1.29, 1.82) is 0 Å². The van der Waals surface area contributed by atoms with E-state index in [1.165, 1.54) is 37.0 Å². The fourth-order valence-corrected chi connectivity index (χ4v) is 5.25. The number of benzene rings is 2. The van der Waals surface area contributed by atoms with Crippen LogP contribution in [0.2, 0.25) is 0 Å². The van der Waals surface area contributed by atoms with Gasteiger partial charge in [0.25, 0.3) is 0 Å². The minimum Gasteiger partial charge on any atom is -0.367 e. The van der Waals surface area contributed by atoms with Gasteiger partial charge in [0.1, 0.15) is 5.82 Å². The van der Waals surface area contributed by atoms with Crippen LogP contribution in [0.15, 0.2) is 72.9 Å². The topological polar surface area (TPSA) is 78.9 Å². The monoisotopic (exact) mass is 469 g/mol. The third-order valence-electron chi connectivity index (χ3n) is 5.90. The summed E-state index contributed by atoms with van der Waals surface area (Å²) in [5.74, 6) is 0.879. The highest BCUT2D eigenvalue weighted by Crippen LogP contribution is 2.40. The van der Waals surface area contributed by atoms with Gasteiger partial charge in [-0.1, -0.05) is 66.1 Å². The molecule has 1 saturated carbocycles. The summed E-state index contributed by atoms with van der Waals surface area (Å²) in [5.41, 5.74) is 4.78. The van der Waals surface area contributed by atoms with Gasteiger partial charge in [-0.2, -0.15) is 0 Å². The summed E-state index contributed by atoms with van der Waals surface area (Å²) < 4.78 is 0. The van der Waals surface area contributed by atoms with E-state index >= 15 is 0 Å². The fraction of sp³-hybridized carbons (Fsp3) is 0.222. The lowest BCUT2D eigenvalue weighted by Crippen LogP contribution is -2.19. The quantitative estimate of drug-likeness (QED) is 0.279. The predicted octanol–water partition coefficient (Wildman–Crippen LogP) is 7.18. The van der Waals surface area contributed by atoms with Gasteiger partial charge >= 0.3 is 6.03 Å². The van der Waals surface area contributed by atoms with Crippen LogP contribution >= 0.6 is 11.3 Å². The Kier molecular flexibility index (Phi) is 6.53. The van der Waals surface area contributed by atoms with Crippen molar-refractivity contribution in [3.63, 3.8) is 0 Å². The van der Waals surface area contributed by atoms with Crippen LogP contribution in [0.4, 0.5) is 21.4 Å². The first kappa shape index (κ1) is 22.1. The molecule has 0 atom stereocenters. The third-order valence-corrected chi connectivity index (χ3v) is 6.92. The summed E-state index contributed by atoms with van der Waals surface area (Å²) >= 11 is 1.47. The van der Waals surface area contributed by atoms with Gasteiger partial charge in [-0.15, -0.1) is 0 Å². The number of nitrogens with one attached hydrogen (secondary N) is 3. The van der Waals surface area contributed by atoms with Gasteiger partial charge in [0.2, 0.25) is 0 Å². The molecule has 6 nitrogen and oxygen atoms in total. The Hall–Kier alpha value is -3.71. The number of carbonyl (C=O) groups is 1. The van der Waals surface area contributed by atoms with E-state index in [9.17, 15) is 4.79 Å². The summed E-state index contributed by atoms with van der Waals surface area (Å²) in [4.78, 5) is 23.0. The molecular weight excluding hydrogens is 442 g/mol. The van der Waals surface area contributed by atoms with E-state index in [-0.39, 0.29) is 6.03 Å². The molecule has 172 valence electrons. The van der Waals surface area contributed by atoms with Crippen LogP contribution in [0.3, 0.4) is 0 Å². The molecule has 3 N–H and O–H groups in total. The Labute approximate surface area is 203 Å². The van der Waals surface area contributed by atoms with E-state index in [0.29, 0.717) is 11.2 Å². The number of nitrogens with zero attached hydrogens (tertiary/aromatic N) is 2. The summed E-state index contributed by atoms with van der Waals surface area (Å²) in [6.07, 6.45) is 6.74. The third kappa shape index (κ3) is 5.26. The van der Waals surface area contributed by atoms with Crippen LogP contribution in [0.5, 0.6) is 0 Å². The van der Waals surface area contributed by atoms with E-state index in [1.54, 1.807) is 0 Å². The Balaban J connectivity index is 1.45. The average molecular weight is 470 g/mol. The molecule has 2 amide bonds. The highest BCUT2D eigenvalue weighted by Gasteiger charge is 2.19. The van der Waals surface area contributed by atoms with Crippen LogP contribution in [-0.4, -0.2) is 22.0 Å². The van der Waals surface area contributed by atoms with Gasteiger partial charge in [0.15, 0.2) is 5.13 Å². The lowest BCUT2D eigenvalue weighted by molar-refractivity contribution is 0.262. The van der Waals surface area contributed by atoms with E-state index in [4.69, 9.17) is 4.98 Å². The second kappa shape index (κ2) is 10.1. The first-order valence-corrected chi connectivity index (χ1v) is 12.4. The number of rotatable bonds is 6. The molecule has 5 rings (SSSR count). The van der Waals surface area contributed by atoms with Crippen LogP contribution < -0.4 is 16.0 Å². The molecule has 0 radical (unpaired) electrons. The molecule has 2 heterocycles. The predicted molar refractivity (Wildman–Crippen MR) is 140 cm³/mol. The van der Waals surface area contributed by atoms with Crippen molar-refractivity contribution in [1.82, 2.24) is 9.97 Å². The summed E-state index contributed by atoms with van der Waals surface area (Å²) in [6, 6.07) is 21.9. The number of pyridine rings is 1. The normalized spacial score (nSPS) is 13.6. The van der Waals surface area contributed by atoms with Crippen molar-refractivity contribution in [2.75, 3.05) is 16.0 Å². The largest absolute Gasteiger partial charge is 0.367 e. The van der Waals surface area contributed by atoms with Crippen molar-refractivity contribution >= 4 is 34.0 Å². The smallest absolute Gasteiger partial charge is 0.325 e. The molecule has 2 aromatic carbocycles. The van der Waals surface area contributed by atoms with Gasteiger partial charge in [-0.25, -0.2) is 14.8 Å². The second-order valence-corrected chi connectivity index (χ2v) is 9.57. The molecule has 34 heavy (non-hydrogen) atoms. The summed E-state index contributed by atoms with van der Waals surface area (Å²) in [7, 11) is 0. The molecule has 1 aliphatic carbocycles. The van der Waals surface area contributed by atoms with E-state index in [0.717, 1.165) is 38.8 Å². The Morgan fingerprint density at radius 3 is 2.56 bits per heavy atom. The van der Waals surface area contributed by atoms with E-state index in [2.05, 4.69) is 52.1 Å². The van der Waals surface area contributed by atoms with Gasteiger partial charge in [-0.3, -0.25) is 5.32 Å². The molecule has 7 heteroatoms. The van der Waals surface area contributed by atoms with Crippen LogP contribution in [0, 0.1) is 6.92 Å². The van der Waals surface area contributed by atoms with Gasteiger partial charge in [0, 0.05) is 23.5 Å². The highest BCUT2D eigenvalue weighted by molar-refractivity contribution is 7.19. The number of para-hydroxylation sites is 1. The van der Waals surface area contributed by atoms with Crippen LogP contribution in [0.1, 0.15) is 31.2 Å². The first-order chi connectivity index (χ1) is 16.6. The molecule has 4 aromatic rings. The Bertz CT molecular complexity index is 1280. The molecule has 2 aromatic heterocycles. The SMILES string of the molecule is Cc1cccc(-c2nc(NC(=O)Nc3ccccc3)sc2-c2ccnc(NC3CCCC3)c2)c1. The van der Waals surface area contributed by atoms with Crippen molar-refractivity contribution in [2.24, 2.45) is 0 Å². The molecule has 0 bridgehead atoms. The lowest BCUT2D eigenvalue weighted by atomic mass is 10.1. The molecule has 1 fully saturated rings. The summed E-state index contributed by atoms with van der Waals surface area (Å²) in [5, 5.41) is 9.88. The van der Waals surface area contributed by atoms with Gasteiger partial charge in [0.05, 0.1) is 10.6 Å². The maximum absolute atomic E-state index is 12.6. The van der Waals surface area contributed by atoms with Crippen molar-refractivity contribution in [3.05, 3.63) is 78.5 Å². The van der Waals surface area contributed by atoms with Crippen molar-refractivity contribution in [3.8, 4) is 21.7 Å². The zero-order valence-corrected chi connectivity index (χ0v) is 19.9. The number of hydrogen-bond acceptors (Lipinski definition) is 5. The van der Waals surface area contributed by atoms with Crippen LogP contribution in [0.25, 0.3) is 21.7 Å². The minimum absolute atomic E-state index is 0.319. The maximum atomic E-state index is 12.6. The molecule has 0 saturated heterocycles. The maximum Gasteiger partial charge on any atom is 0.325 e. The number of hydrogen-bond donors (Lipinski definition) is 3. The number of amides is 2. The first-order valence-electron chi connectivity index (χ1n) is 11.6. The number of aryl methyl sites for hydroxylation is 1. The zero-order valence-electron chi connectivity index (χ0n) is 19.0. The molecular formula is C27H27N5OS. The zero-order chi connectivity index (χ0) is 23.3. The molecule has 0 spiro atoms. The number of carbonyl (C=O) groups excluding carboxylic acids is 1. The van der Waals surface area contributed by atoms with E-state index in [1.807, 2.05) is 48.7 Å². The van der Waals surface area contributed by atoms with Gasteiger partial charge in [-0.05, 0) is 55.7 Å². The lowest BCUT2D eigenvalue weighted by Gasteiger charge is -2.13. The highest BCUT2D eigenvalue weighted by atomic mass is 32.1. The number of thiazole rings is 1. The molecule has 0 unspecified atom stereocenters. The average Bonchev–Trinajstić information content (AvgIpc) is 3.50. The van der Waals surface area contributed by atoms with Crippen molar-refractivity contribution < 1.29 is 4.79 Å².